The highest BCUT2D eigenvalue weighted by Gasteiger charge is 2.36. The molecule has 0 amide bonds. The van der Waals surface area contributed by atoms with Crippen molar-refractivity contribution in [2.45, 2.75) is 33.2 Å². The van der Waals surface area contributed by atoms with Crippen LogP contribution in [0.4, 0.5) is 13.2 Å². The molecule has 1 saturated heterocycles. The van der Waals surface area contributed by atoms with Crippen molar-refractivity contribution in [3.63, 3.8) is 0 Å². The lowest BCUT2D eigenvalue weighted by atomic mass is 9.80. The summed E-state index contributed by atoms with van der Waals surface area (Å²) >= 11 is 0. The number of nitrogens with zero attached hydrogens (tertiary/aromatic N) is 1. The molecule has 0 unspecified atom stereocenters. The van der Waals surface area contributed by atoms with Crippen molar-refractivity contribution in [1.29, 1.82) is 0 Å². The van der Waals surface area contributed by atoms with Gasteiger partial charge in [0, 0.05) is 37.8 Å². The van der Waals surface area contributed by atoms with Crippen LogP contribution in [0.15, 0.2) is 18.2 Å². The maximum absolute atomic E-state index is 12.5. The smallest absolute Gasteiger partial charge is 0.508 e. The number of piperazine rings is 1. The number of nitrogens with one attached hydrogen (secondary N) is 1. The van der Waals surface area contributed by atoms with E-state index in [1.54, 1.807) is 0 Å². The minimum absolute atomic E-state index is 0.0158. The van der Waals surface area contributed by atoms with Gasteiger partial charge in [0.25, 0.3) is 0 Å². The van der Waals surface area contributed by atoms with Crippen molar-refractivity contribution in [3.8, 4) is 11.5 Å². The minimum atomic E-state index is -4.75. The number of aromatic hydroxyl groups is 1. The molecule has 1 aliphatic heterocycles. The highest BCUT2D eigenvalue weighted by atomic mass is 19.4. The van der Waals surface area contributed by atoms with Gasteiger partial charge in [-0.15, -0.1) is 13.2 Å². The summed E-state index contributed by atoms with van der Waals surface area (Å²) in [5.74, 6) is -0.326. The number of rotatable bonds is 3. The Morgan fingerprint density at radius 3 is 2.30 bits per heavy atom. The number of hydrogen-bond donors (Lipinski definition) is 2. The van der Waals surface area contributed by atoms with Gasteiger partial charge in [-0.05, 0) is 23.6 Å². The molecule has 0 radical (unpaired) electrons. The molecule has 130 valence electrons. The largest absolute Gasteiger partial charge is 0.573 e. The molecule has 2 rings (SSSR count). The second-order valence-electron chi connectivity index (χ2n) is 6.82. The molecule has 2 N–H and O–H groups in total. The van der Waals surface area contributed by atoms with E-state index in [0.29, 0.717) is 5.56 Å². The SMILES string of the molecule is CC(C)(C)[C@H](c1cc(OC(F)(F)F)ccc1O)N1CCNCC1. The van der Waals surface area contributed by atoms with Gasteiger partial charge in [-0.1, -0.05) is 20.8 Å². The zero-order chi connectivity index (χ0) is 17.3. The second-order valence-corrected chi connectivity index (χ2v) is 6.82. The van der Waals surface area contributed by atoms with E-state index < -0.39 is 6.36 Å². The minimum Gasteiger partial charge on any atom is -0.508 e. The van der Waals surface area contributed by atoms with Gasteiger partial charge in [-0.3, -0.25) is 4.90 Å². The molecule has 4 nitrogen and oxygen atoms in total. The van der Waals surface area contributed by atoms with E-state index in [9.17, 15) is 18.3 Å². The first-order valence-electron chi connectivity index (χ1n) is 7.61. The number of hydrogen-bond acceptors (Lipinski definition) is 4. The summed E-state index contributed by atoms with van der Waals surface area (Å²) in [6.45, 7) is 9.19. The van der Waals surface area contributed by atoms with Gasteiger partial charge in [0.15, 0.2) is 0 Å². The Hall–Kier alpha value is -1.47. The molecule has 1 aliphatic rings. The summed E-state index contributed by atoms with van der Waals surface area (Å²) in [4.78, 5) is 2.18. The van der Waals surface area contributed by atoms with Gasteiger partial charge in [0.1, 0.15) is 11.5 Å². The van der Waals surface area contributed by atoms with E-state index in [0.717, 1.165) is 32.2 Å². The van der Waals surface area contributed by atoms with Gasteiger partial charge in [-0.2, -0.15) is 0 Å². The van der Waals surface area contributed by atoms with Crippen LogP contribution in [0.5, 0.6) is 11.5 Å². The zero-order valence-electron chi connectivity index (χ0n) is 13.6. The average molecular weight is 332 g/mol. The van der Waals surface area contributed by atoms with Crippen LogP contribution in [0.25, 0.3) is 0 Å². The Balaban J connectivity index is 2.39. The van der Waals surface area contributed by atoms with Crippen LogP contribution >= 0.6 is 0 Å². The van der Waals surface area contributed by atoms with Crippen molar-refractivity contribution in [1.82, 2.24) is 10.2 Å². The van der Waals surface area contributed by atoms with E-state index >= 15 is 0 Å². The van der Waals surface area contributed by atoms with E-state index in [-0.39, 0.29) is 23.0 Å². The fraction of sp³-hybridized carbons (Fsp3) is 0.625. The van der Waals surface area contributed by atoms with Crippen LogP contribution in [0.3, 0.4) is 0 Å². The molecular weight excluding hydrogens is 309 g/mol. The fourth-order valence-electron chi connectivity index (χ4n) is 3.10. The van der Waals surface area contributed by atoms with E-state index in [1.807, 2.05) is 20.8 Å². The van der Waals surface area contributed by atoms with Gasteiger partial charge < -0.3 is 15.2 Å². The Morgan fingerprint density at radius 2 is 1.78 bits per heavy atom. The number of ether oxygens (including phenoxy) is 1. The number of phenols is 1. The molecule has 0 aliphatic carbocycles. The summed E-state index contributed by atoms with van der Waals surface area (Å²) in [5, 5.41) is 13.5. The van der Waals surface area contributed by atoms with Crippen molar-refractivity contribution in [3.05, 3.63) is 23.8 Å². The van der Waals surface area contributed by atoms with Crippen LogP contribution < -0.4 is 10.1 Å². The third-order valence-corrected chi connectivity index (χ3v) is 3.86. The Kier molecular flexibility index (Phi) is 5.10. The van der Waals surface area contributed by atoms with Gasteiger partial charge in [0.05, 0.1) is 0 Å². The van der Waals surface area contributed by atoms with Crippen LogP contribution in [0.1, 0.15) is 32.4 Å². The van der Waals surface area contributed by atoms with Crippen molar-refractivity contribution >= 4 is 0 Å². The Bertz CT molecular complexity index is 535. The molecule has 0 spiro atoms. The average Bonchev–Trinajstić information content (AvgIpc) is 2.41. The first-order valence-corrected chi connectivity index (χ1v) is 7.61. The highest BCUT2D eigenvalue weighted by molar-refractivity contribution is 5.42. The molecule has 23 heavy (non-hydrogen) atoms. The molecule has 7 heteroatoms. The number of alkyl halides is 3. The summed E-state index contributed by atoms with van der Waals surface area (Å²) in [6.07, 6.45) is -4.75. The summed E-state index contributed by atoms with van der Waals surface area (Å²) < 4.78 is 41.4. The van der Waals surface area contributed by atoms with Crippen LogP contribution in [-0.4, -0.2) is 42.5 Å². The molecule has 0 saturated carbocycles. The van der Waals surface area contributed by atoms with E-state index in [4.69, 9.17) is 0 Å². The van der Waals surface area contributed by atoms with Gasteiger partial charge in [0.2, 0.25) is 0 Å². The lowest BCUT2D eigenvalue weighted by Gasteiger charge is -2.42. The Morgan fingerprint density at radius 1 is 1.17 bits per heavy atom. The molecule has 1 atom stereocenters. The predicted octanol–water partition coefficient (Wildman–Crippen LogP) is 3.28. The van der Waals surface area contributed by atoms with Crippen LogP contribution in [-0.2, 0) is 0 Å². The van der Waals surface area contributed by atoms with Gasteiger partial charge in [-0.25, -0.2) is 0 Å². The molecule has 1 fully saturated rings. The third kappa shape index (κ3) is 4.75. The monoisotopic (exact) mass is 332 g/mol. The molecule has 0 bridgehead atoms. The molecule has 0 aromatic heterocycles. The quantitative estimate of drug-likeness (QED) is 0.892. The first kappa shape index (κ1) is 17.9. The molecule has 1 heterocycles. The van der Waals surface area contributed by atoms with Crippen molar-refractivity contribution in [2.75, 3.05) is 26.2 Å². The molecule has 1 aromatic carbocycles. The zero-order valence-corrected chi connectivity index (χ0v) is 13.6. The number of halogens is 3. The Labute approximate surface area is 134 Å². The standard InChI is InChI=1S/C16H23F3N2O2/c1-15(2,3)14(21-8-6-20-7-9-21)12-10-11(4-5-13(12)22)23-16(17,18)19/h4-5,10,14,20,22H,6-9H2,1-3H3/t14-/m0/s1. The lowest BCUT2D eigenvalue weighted by molar-refractivity contribution is -0.274. The van der Waals surface area contributed by atoms with Crippen LogP contribution in [0.2, 0.25) is 0 Å². The van der Waals surface area contributed by atoms with Crippen LogP contribution in [0, 0.1) is 5.41 Å². The molecular formula is C16H23F3N2O2. The van der Waals surface area contributed by atoms with E-state index in [2.05, 4.69) is 15.0 Å². The van der Waals surface area contributed by atoms with Gasteiger partial charge >= 0.3 is 6.36 Å². The second kappa shape index (κ2) is 6.57. The summed E-state index contributed by atoms with van der Waals surface area (Å²) in [5.41, 5.74) is 0.201. The van der Waals surface area contributed by atoms with Crippen molar-refractivity contribution < 1.29 is 23.0 Å². The number of phenolic OH excluding ortho intramolecular Hbond substituents is 1. The predicted molar refractivity (Wildman–Crippen MR) is 81.4 cm³/mol. The maximum atomic E-state index is 12.5. The lowest BCUT2D eigenvalue weighted by Crippen LogP contribution is -2.48. The highest BCUT2D eigenvalue weighted by Crippen LogP contribution is 2.43. The third-order valence-electron chi connectivity index (χ3n) is 3.86. The topological polar surface area (TPSA) is 44.7 Å². The number of benzene rings is 1. The van der Waals surface area contributed by atoms with E-state index in [1.165, 1.54) is 12.1 Å². The summed E-state index contributed by atoms with van der Waals surface area (Å²) in [6, 6.07) is 3.48. The summed E-state index contributed by atoms with van der Waals surface area (Å²) in [7, 11) is 0. The first-order chi connectivity index (χ1) is 10.6. The normalized spacial score (nSPS) is 18.7. The molecule has 1 aromatic rings. The fourth-order valence-corrected chi connectivity index (χ4v) is 3.10. The van der Waals surface area contributed by atoms with Crippen molar-refractivity contribution in [2.24, 2.45) is 5.41 Å². The maximum Gasteiger partial charge on any atom is 0.573 e.